The van der Waals surface area contributed by atoms with Gasteiger partial charge in [-0.05, 0) is 43.7 Å². The summed E-state index contributed by atoms with van der Waals surface area (Å²) in [7, 11) is 3.08. The van der Waals surface area contributed by atoms with Gasteiger partial charge in [-0.3, -0.25) is 9.36 Å². The van der Waals surface area contributed by atoms with E-state index in [1.54, 1.807) is 45.2 Å². The number of rotatable bonds is 7. The fraction of sp³-hybridized carbons (Fsp3) is 0.207. The van der Waals surface area contributed by atoms with Crippen molar-refractivity contribution >= 4 is 23.4 Å². The van der Waals surface area contributed by atoms with Crippen molar-refractivity contribution in [2.75, 3.05) is 20.8 Å². The summed E-state index contributed by atoms with van der Waals surface area (Å²) in [5, 5.41) is 0. The van der Waals surface area contributed by atoms with Crippen LogP contribution < -0.4 is 24.4 Å². The molecule has 0 radical (unpaired) electrons. The number of esters is 1. The van der Waals surface area contributed by atoms with Crippen molar-refractivity contribution in [3.8, 4) is 22.8 Å². The van der Waals surface area contributed by atoms with Crippen LogP contribution >= 0.6 is 11.3 Å². The van der Waals surface area contributed by atoms with E-state index in [4.69, 9.17) is 18.6 Å². The number of ether oxygens (including phenoxy) is 3. The fourth-order valence-corrected chi connectivity index (χ4v) is 5.47. The van der Waals surface area contributed by atoms with E-state index < -0.39 is 12.0 Å². The third-order valence-electron chi connectivity index (χ3n) is 6.20. The number of nitrogens with zero attached hydrogens (tertiary/aromatic N) is 2. The van der Waals surface area contributed by atoms with E-state index >= 15 is 0 Å². The number of fused-ring (bicyclic) bond motifs is 1. The predicted molar refractivity (Wildman–Crippen MR) is 144 cm³/mol. The Balaban J connectivity index is 1.67. The number of hydrogen-bond donors (Lipinski definition) is 0. The highest BCUT2D eigenvalue weighted by Gasteiger charge is 2.34. The van der Waals surface area contributed by atoms with Gasteiger partial charge in [0.2, 0.25) is 0 Å². The van der Waals surface area contributed by atoms with E-state index in [-0.39, 0.29) is 12.2 Å². The zero-order chi connectivity index (χ0) is 26.8. The minimum atomic E-state index is -0.760. The first-order valence-corrected chi connectivity index (χ1v) is 12.8. The van der Waals surface area contributed by atoms with Gasteiger partial charge >= 0.3 is 5.97 Å². The van der Waals surface area contributed by atoms with Gasteiger partial charge in [-0.15, -0.1) is 0 Å². The van der Waals surface area contributed by atoms with Crippen molar-refractivity contribution in [3.05, 3.63) is 103 Å². The van der Waals surface area contributed by atoms with E-state index in [0.717, 1.165) is 5.56 Å². The number of carbonyl (C=O) groups excluding carboxylic acids is 1. The first kappa shape index (κ1) is 25.3. The molecular formula is C29H26N2O6S. The number of furan rings is 1. The number of thiazole rings is 1. The molecule has 194 valence electrons. The molecule has 0 amide bonds. The molecule has 0 spiro atoms. The summed E-state index contributed by atoms with van der Waals surface area (Å²) in [6.45, 7) is 3.68. The molecule has 5 rings (SSSR count). The number of benzene rings is 2. The molecule has 1 aliphatic rings. The molecule has 9 heteroatoms. The van der Waals surface area contributed by atoms with Crippen molar-refractivity contribution in [3.63, 3.8) is 0 Å². The van der Waals surface area contributed by atoms with Crippen LogP contribution in [0.25, 0.3) is 17.4 Å². The predicted octanol–water partition coefficient (Wildman–Crippen LogP) is 4.08. The maximum Gasteiger partial charge on any atom is 0.338 e. The minimum Gasteiger partial charge on any atom is -0.493 e. The molecule has 2 aromatic heterocycles. The van der Waals surface area contributed by atoms with E-state index in [1.807, 2.05) is 42.5 Å². The largest absolute Gasteiger partial charge is 0.493 e. The Morgan fingerprint density at radius 1 is 1.08 bits per heavy atom. The van der Waals surface area contributed by atoms with Crippen LogP contribution in [0.5, 0.6) is 11.5 Å². The molecule has 2 aromatic carbocycles. The molecule has 0 fully saturated rings. The Kier molecular flexibility index (Phi) is 7.02. The SMILES string of the molecule is CCOC(=O)C1=C(C)N=c2s/c(=C\c3ccc(-c4ccccc4)o3)c(=O)n2[C@H]1c1ccc(OC)c(OC)c1. The molecule has 0 saturated heterocycles. The normalized spacial score (nSPS) is 15.2. The van der Waals surface area contributed by atoms with E-state index in [0.29, 0.717) is 49.2 Å². The number of carbonyl (C=O) groups is 1. The average Bonchev–Trinajstić information content (AvgIpc) is 3.52. The zero-order valence-corrected chi connectivity index (χ0v) is 22.2. The summed E-state index contributed by atoms with van der Waals surface area (Å²) in [6, 6.07) is 18.0. The molecule has 3 heterocycles. The van der Waals surface area contributed by atoms with Gasteiger partial charge in [0.05, 0.1) is 42.7 Å². The van der Waals surface area contributed by atoms with Crippen molar-refractivity contribution < 1.29 is 23.4 Å². The Bertz CT molecular complexity index is 1710. The van der Waals surface area contributed by atoms with Gasteiger partial charge in [0, 0.05) is 11.6 Å². The highest BCUT2D eigenvalue weighted by molar-refractivity contribution is 7.07. The number of aromatic nitrogens is 1. The van der Waals surface area contributed by atoms with Gasteiger partial charge in [0.1, 0.15) is 11.5 Å². The van der Waals surface area contributed by atoms with E-state index in [1.165, 1.54) is 23.0 Å². The summed E-state index contributed by atoms with van der Waals surface area (Å²) in [5.74, 6) is 1.73. The maximum absolute atomic E-state index is 13.8. The van der Waals surface area contributed by atoms with Crippen molar-refractivity contribution in [1.82, 2.24) is 4.57 Å². The second-order valence-electron chi connectivity index (χ2n) is 8.48. The third kappa shape index (κ3) is 4.56. The second kappa shape index (κ2) is 10.5. The first-order chi connectivity index (χ1) is 18.4. The minimum absolute atomic E-state index is 0.195. The Hall–Kier alpha value is -4.37. The van der Waals surface area contributed by atoms with Gasteiger partial charge in [0.15, 0.2) is 16.3 Å². The molecule has 0 bridgehead atoms. The lowest BCUT2D eigenvalue weighted by molar-refractivity contribution is -0.139. The third-order valence-corrected chi connectivity index (χ3v) is 7.18. The van der Waals surface area contributed by atoms with Gasteiger partial charge in [0.25, 0.3) is 5.56 Å². The highest BCUT2D eigenvalue weighted by Crippen LogP contribution is 2.36. The Morgan fingerprint density at radius 3 is 2.55 bits per heavy atom. The molecule has 0 saturated carbocycles. The van der Waals surface area contributed by atoms with E-state index in [9.17, 15) is 9.59 Å². The van der Waals surface area contributed by atoms with Gasteiger partial charge in [-0.25, -0.2) is 9.79 Å². The second-order valence-corrected chi connectivity index (χ2v) is 9.49. The summed E-state index contributed by atoms with van der Waals surface area (Å²) in [6.07, 6.45) is 1.70. The molecular weight excluding hydrogens is 504 g/mol. The van der Waals surface area contributed by atoms with E-state index in [2.05, 4.69) is 4.99 Å². The molecule has 0 unspecified atom stereocenters. The van der Waals surface area contributed by atoms with Crippen molar-refractivity contribution in [2.45, 2.75) is 19.9 Å². The number of hydrogen-bond acceptors (Lipinski definition) is 8. The summed E-state index contributed by atoms with van der Waals surface area (Å²) >= 11 is 1.23. The summed E-state index contributed by atoms with van der Waals surface area (Å²) in [4.78, 5) is 32.0. The lowest BCUT2D eigenvalue weighted by Crippen LogP contribution is -2.39. The summed E-state index contributed by atoms with van der Waals surface area (Å²) in [5.41, 5.74) is 2.09. The van der Waals surface area contributed by atoms with Crippen LogP contribution in [0.15, 0.2) is 86.1 Å². The van der Waals surface area contributed by atoms with Crippen LogP contribution in [0.2, 0.25) is 0 Å². The van der Waals surface area contributed by atoms with Crippen LogP contribution in [0.3, 0.4) is 0 Å². The van der Waals surface area contributed by atoms with Crippen LogP contribution in [0.4, 0.5) is 0 Å². The summed E-state index contributed by atoms with van der Waals surface area (Å²) < 4.78 is 24.2. The van der Waals surface area contributed by atoms with Crippen LogP contribution in [0.1, 0.15) is 31.2 Å². The zero-order valence-electron chi connectivity index (χ0n) is 21.4. The molecule has 38 heavy (non-hydrogen) atoms. The topological polar surface area (TPSA) is 92.3 Å². The first-order valence-electron chi connectivity index (χ1n) is 12.0. The lowest BCUT2D eigenvalue weighted by atomic mass is 9.95. The molecule has 8 nitrogen and oxygen atoms in total. The van der Waals surface area contributed by atoms with Gasteiger partial charge in [-0.1, -0.05) is 47.7 Å². The average molecular weight is 531 g/mol. The lowest BCUT2D eigenvalue weighted by Gasteiger charge is -2.25. The monoisotopic (exact) mass is 530 g/mol. The molecule has 1 aliphatic heterocycles. The van der Waals surface area contributed by atoms with Crippen LogP contribution in [-0.2, 0) is 9.53 Å². The van der Waals surface area contributed by atoms with Crippen molar-refractivity contribution in [2.24, 2.45) is 4.99 Å². The van der Waals surface area contributed by atoms with Crippen LogP contribution in [-0.4, -0.2) is 31.4 Å². The standard InChI is InChI=1S/C29H26N2O6S/c1-5-36-28(33)25-17(2)30-29-31(26(25)19-11-13-22(34-3)23(15-19)35-4)27(32)24(38-29)16-20-12-14-21(37-20)18-9-7-6-8-10-18/h6-16,26H,5H2,1-4H3/b24-16-/t26-/m0/s1. The smallest absolute Gasteiger partial charge is 0.338 e. The Morgan fingerprint density at radius 2 is 1.84 bits per heavy atom. The Labute approximate surface area is 222 Å². The maximum atomic E-state index is 13.8. The van der Waals surface area contributed by atoms with Crippen LogP contribution in [0, 0.1) is 0 Å². The molecule has 0 aliphatic carbocycles. The number of allylic oxidation sites excluding steroid dienone is 1. The fourth-order valence-electron chi connectivity index (χ4n) is 4.45. The quantitative estimate of drug-likeness (QED) is 0.335. The van der Waals surface area contributed by atoms with Gasteiger partial charge in [-0.2, -0.15) is 0 Å². The molecule has 1 atom stereocenters. The highest BCUT2D eigenvalue weighted by atomic mass is 32.1. The van der Waals surface area contributed by atoms with Crippen molar-refractivity contribution in [1.29, 1.82) is 0 Å². The number of methoxy groups -OCH3 is 2. The van der Waals surface area contributed by atoms with Gasteiger partial charge < -0.3 is 18.6 Å². The molecule has 4 aromatic rings. The molecule has 0 N–H and O–H groups in total.